The molecule has 0 aliphatic heterocycles. The molecule has 0 radical (unpaired) electrons. The average molecular weight is 562 g/mol. The average Bonchev–Trinajstić information content (AvgIpc) is 2.89. The fraction of sp³-hybridized carbons (Fsp3) is 0.516. The second-order valence-corrected chi connectivity index (χ2v) is 12.2. The van der Waals surface area contributed by atoms with E-state index in [2.05, 4.69) is 27.4 Å². The smallest absolute Gasteiger partial charge is 0.212 e. The molecule has 1 aromatic rings. The first-order valence-electron chi connectivity index (χ1n) is 13.2. The van der Waals surface area contributed by atoms with Gasteiger partial charge in [0.1, 0.15) is 11.9 Å². The van der Waals surface area contributed by atoms with Gasteiger partial charge < -0.3 is 9.64 Å². The molecule has 1 aliphatic rings. The molecule has 1 fully saturated rings. The number of carbonyl (C=O) groups is 2. The van der Waals surface area contributed by atoms with Gasteiger partial charge in [0.25, 0.3) is 0 Å². The van der Waals surface area contributed by atoms with Crippen LogP contribution in [0.3, 0.4) is 0 Å². The summed E-state index contributed by atoms with van der Waals surface area (Å²) in [6.07, 6.45) is 12.7. The number of halogens is 2. The summed E-state index contributed by atoms with van der Waals surface area (Å²) in [4.78, 5) is 31.1. The minimum atomic E-state index is -0.756. The van der Waals surface area contributed by atoms with E-state index in [1.54, 1.807) is 37.6 Å². The first-order valence-corrected chi connectivity index (χ1v) is 14.0. The minimum Gasteiger partial charge on any atom is -0.385 e. The third kappa shape index (κ3) is 8.93. The Morgan fingerprint density at radius 1 is 1.24 bits per heavy atom. The second kappa shape index (κ2) is 14.8. The second-order valence-electron chi connectivity index (χ2n) is 11.1. The van der Waals surface area contributed by atoms with Gasteiger partial charge in [-0.05, 0) is 67.6 Å². The van der Waals surface area contributed by atoms with Gasteiger partial charge in [0.2, 0.25) is 6.41 Å². The third-order valence-corrected chi connectivity index (χ3v) is 7.76. The number of hydrogen-bond acceptors (Lipinski definition) is 4. The van der Waals surface area contributed by atoms with E-state index in [-0.39, 0.29) is 16.8 Å². The Hall–Kier alpha value is -2.21. The van der Waals surface area contributed by atoms with Crippen LogP contribution in [0.25, 0.3) is 0 Å². The summed E-state index contributed by atoms with van der Waals surface area (Å²) in [6, 6.07) is 7.10. The van der Waals surface area contributed by atoms with Gasteiger partial charge in [-0.1, -0.05) is 75.4 Å². The SMILES string of the molecule is C=CC(Cl)=CC(/C=N/C1(N(C=O)[C@H](CCOC)c2ccc(C=O)cc2)CCC(C(C)(C)C)CC1)=C\C(C)Cl. The zero-order valence-corrected chi connectivity index (χ0v) is 24.8. The fourth-order valence-corrected chi connectivity index (χ4v) is 5.43. The summed E-state index contributed by atoms with van der Waals surface area (Å²) >= 11 is 12.5. The molecule has 1 saturated carbocycles. The molecule has 0 bridgehead atoms. The molecule has 1 aromatic carbocycles. The Morgan fingerprint density at radius 3 is 2.34 bits per heavy atom. The monoisotopic (exact) mass is 560 g/mol. The van der Waals surface area contributed by atoms with E-state index in [0.29, 0.717) is 29.5 Å². The maximum Gasteiger partial charge on any atom is 0.212 e. The molecule has 1 amide bonds. The third-order valence-electron chi connectivity index (χ3n) is 7.37. The number of benzene rings is 1. The lowest BCUT2D eigenvalue weighted by Gasteiger charge is -2.49. The van der Waals surface area contributed by atoms with Gasteiger partial charge in [0.15, 0.2) is 0 Å². The van der Waals surface area contributed by atoms with E-state index in [1.807, 2.05) is 30.0 Å². The highest BCUT2D eigenvalue weighted by Crippen LogP contribution is 2.46. The molecule has 5 nitrogen and oxygen atoms in total. The highest BCUT2D eigenvalue weighted by atomic mass is 35.5. The number of hydrogen-bond donors (Lipinski definition) is 0. The van der Waals surface area contributed by atoms with Gasteiger partial charge in [-0.25, -0.2) is 0 Å². The van der Waals surface area contributed by atoms with Crippen LogP contribution in [0.1, 0.15) is 81.8 Å². The standard InChI is InChI=1S/C31H42Cl2N2O3/c1-7-28(33)19-25(18-23(2)32)20-34-31(15-12-27(13-16-31)30(3,4)5)35(22-37)29(14-17-38-6)26-10-8-24(21-36)9-11-26/h7-11,18-23,27,29H,1,12-17H2,2-6H3/b25-18+,28-19?,34-20+/t23?,27?,29-,31?/m1/s1. The van der Waals surface area contributed by atoms with Gasteiger partial charge in [0, 0.05) is 35.9 Å². The number of amides is 1. The van der Waals surface area contributed by atoms with E-state index in [4.69, 9.17) is 32.9 Å². The molecular weight excluding hydrogens is 519 g/mol. The van der Waals surface area contributed by atoms with E-state index < -0.39 is 5.66 Å². The number of allylic oxidation sites excluding steroid dienone is 5. The highest BCUT2D eigenvalue weighted by molar-refractivity contribution is 6.31. The molecule has 0 heterocycles. The normalized spacial score (nSPS) is 22.7. The molecule has 7 heteroatoms. The molecule has 38 heavy (non-hydrogen) atoms. The van der Waals surface area contributed by atoms with Crippen molar-refractivity contribution in [2.75, 3.05) is 13.7 Å². The molecule has 1 aliphatic carbocycles. The maximum atomic E-state index is 12.9. The van der Waals surface area contributed by atoms with Crippen LogP contribution in [0.2, 0.25) is 0 Å². The van der Waals surface area contributed by atoms with Crippen molar-refractivity contribution in [2.45, 2.75) is 76.9 Å². The van der Waals surface area contributed by atoms with E-state index >= 15 is 0 Å². The first-order chi connectivity index (χ1) is 18.0. The van der Waals surface area contributed by atoms with E-state index in [1.165, 1.54) is 0 Å². The van der Waals surface area contributed by atoms with Gasteiger partial charge in [-0.15, -0.1) is 11.6 Å². The number of carbonyl (C=O) groups excluding carboxylic acids is 2. The lowest BCUT2D eigenvalue weighted by Crippen LogP contribution is -2.51. The van der Waals surface area contributed by atoms with Crippen LogP contribution >= 0.6 is 23.2 Å². The molecule has 1 unspecified atom stereocenters. The molecule has 0 spiro atoms. The molecule has 0 saturated heterocycles. The van der Waals surface area contributed by atoms with Crippen LogP contribution in [-0.2, 0) is 9.53 Å². The van der Waals surface area contributed by atoms with Crippen LogP contribution in [-0.4, -0.2) is 48.6 Å². The Kier molecular flexibility index (Phi) is 12.5. The largest absolute Gasteiger partial charge is 0.385 e. The van der Waals surface area contributed by atoms with Gasteiger partial charge >= 0.3 is 0 Å². The Labute approximate surface area is 238 Å². The molecular formula is C31H42Cl2N2O3. The zero-order chi connectivity index (χ0) is 28.3. The minimum absolute atomic E-state index is 0.168. The number of nitrogens with zero attached hydrogens (tertiary/aromatic N) is 2. The quantitative estimate of drug-likeness (QED) is 0.106. The number of aldehydes is 1. The number of ether oxygens (including phenoxy) is 1. The predicted octanol–water partition coefficient (Wildman–Crippen LogP) is 7.90. The van der Waals surface area contributed by atoms with Crippen LogP contribution in [0, 0.1) is 11.3 Å². The Morgan fingerprint density at radius 2 is 1.87 bits per heavy atom. The Bertz CT molecular complexity index is 1010. The Balaban J connectivity index is 2.62. The van der Waals surface area contributed by atoms with Crippen LogP contribution < -0.4 is 0 Å². The predicted molar refractivity (Wildman–Crippen MR) is 159 cm³/mol. The maximum absolute atomic E-state index is 12.9. The summed E-state index contributed by atoms with van der Waals surface area (Å²) in [5.41, 5.74) is 1.69. The summed E-state index contributed by atoms with van der Waals surface area (Å²) in [5, 5.41) is 0.244. The van der Waals surface area contributed by atoms with Gasteiger partial charge in [-0.2, -0.15) is 0 Å². The fourth-order valence-electron chi connectivity index (χ4n) is 5.16. The van der Waals surface area contributed by atoms with Crippen LogP contribution in [0.5, 0.6) is 0 Å². The van der Waals surface area contributed by atoms with Crippen molar-refractivity contribution in [3.8, 4) is 0 Å². The molecule has 2 atom stereocenters. The lowest BCUT2D eigenvalue weighted by atomic mass is 9.69. The van der Waals surface area contributed by atoms with Crippen LogP contribution in [0.4, 0.5) is 0 Å². The molecule has 208 valence electrons. The number of methoxy groups -OCH3 is 1. The van der Waals surface area contributed by atoms with Crippen molar-refractivity contribution < 1.29 is 14.3 Å². The van der Waals surface area contributed by atoms with Crippen molar-refractivity contribution in [3.63, 3.8) is 0 Å². The van der Waals surface area contributed by atoms with E-state index in [9.17, 15) is 9.59 Å². The highest BCUT2D eigenvalue weighted by Gasteiger charge is 2.44. The van der Waals surface area contributed by atoms with Crippen LogP contribution in [0.15, 0.2) is 64.7 Å². The summed E-state index contributed by atoms with van der Waals surface area (Å²) in [6.45, 7) is 12.9. The van der Waals surface area contributed by atoms with Gasteiger partial charge in [-0.3, -0.25) is 14.6 Å². The number of rotatable bonds is 13. The first kappa shape index (κ1) is 32.0. The molecule has 0 N–H and O–H groups in total. The summed E-state index contributed by atoms with van der Waals surface area (Å²) in [5.74, 6) is 0.525. The van der Waals surface area contributed by atoms with E-state index in [0.717, 1.165) is 49.5 Å². The number of aliphatic imine (C=N–C) groups is 1. The molecule has 0 aromatic heterocycles. The van der Waals surface area contributed by atoms with Crippen molar-refractivity contribution in [2.24, 2.45) is 16.3 Å². The van der Waals surface area contributed by atoms with Gasteiger partial charge in [0.05, 0.1) is 6.04 Å². The van der Waals surface area contributed by atoms with Crippen molar-refractivity contribution >= 4 is 42.1 Å². The summed E-state index contributed by atoms with van der Waals surface area (Å²) in [7, 11) is 1.65. The lowest BCUT2D eigenvalue weighted by molar-refractivity contribution is -0.130. The van der Waals surface area contributed by atoms with Crippen molar-refractivity contribution in [1.29, 1.82) is 0 Å². The zero-order valence-electron chi connectivity index (χ0n) is 23.3. The van der Waals surface area contributed by atoms with Crippen molar-refractivity contribution in [1.82, 2.24) is 4.90 Å². The number of alkyl halides is 1. The topological polar surface area (TPSA) is 59.0 Å². The summed E-state index contributed by atoms with van der Waals surface area (Å²) < 4.78 is 5.42. The molecule has 2 rings (SSSR count). The van der Waals surface area contributed by atoms with Crippen molar-refractivity contribution in [3.05, 3.63) is 70.8 Å².